The molecular weight excluding hydrogens is 272 g/mol. The number of hydrogen-bond donors (Lipinski definition) is 1. The predicted octanol–water partition coefficient (Wildman–Crippen LogP) is 4.31. The van der Waals surface area contributed by atoms with E-state index in [2.05, 4.69) is 36.2 Å². The van der Waals surface area contributed by atoms with Gasteiger partial charge in [-0.1, -0.05) is 29.8 Å². The first-order valence-electron chi connectivity index (χ1n) is 7.37. The van der Waals surface area contributed by atoms with E-state index >= 15 is 0 Å². The van der Waals surface area contributed by atoms with Crippen molar-refractivity contribution in [2.75, 3.05) is 0 Å². The van der Waals surface area contributed by atoms with Crippen LogP contribution < -0.4 is 0 Å². The minimum atomic E-state index is 0.121. The number of benzene rings is 2. The number of nitrogens with zero attached hydrogens (tertiary/aromatic N) is 1. The van der Waals surface area contributed by atoms with Gasteiger partial charge in [0.25, 0.3) is 0 Å². The molecule has 0 saturated carbocycles. The minimum Gasteiger partial charge on any atom is -0.360 e. The van der Waals surface area contributed by atoms with Gasteiger partial charge in [-0.25, -0.2) is 0 Å². The van der Waals surface area contributed by atoms with E-state index in [-0.39, 0.29) is 5.78 Å². The molecule has 4 aromatic rings. The highest BCUT2D eigenvalue weighted by atomic mass is 16.1. The van der Waals surface area contributed by atoms with Crippen molar-refractivity contribution < 1.29 is 4.79 Å². The maximum Gasteiger partial charge on any atom is 0.184 e. The Morgan fingerprint density at radius 2 is 2.00 bits per heavy atom. The van der Waals surface area contributed by atoms with Gasteiger partial charge in [-0.2, -0.15) is 0 Å². The summed E-state index contributed by atoms with van der Waals surface area (Å²) in [4.78, 5) is 15.8. The fraction of sp³-hybridized carbons (Fsp3) is 0.105. The SMILES string of the molecule is Cc1ccc2c(ccn2CC(=O)c2c[nH]c3ccccc23)c1. The van der Waals surface area contributed by atoms with E-state index in [1.165, 1.54) is 10.9 Å². The Kier molecular flexibility index (Phi) is 2.86. The quantitative estimate of drug-likeness (QED) is 0.560. The number of aryl methyl sites for hydroxylation is 1. The van der Waals surface area contributed by atoms with Gasteiger partial charge in [-0.05, 0) is 36.6 Å². The molecule has 0 aliphatic heterocycles. The van der Waals surface area contributed by atoms with Gasteiger partial charge in [0.2, 0.25) is 0 Å². The number of rotatable bonds is 3. The van der Waals surface area contributed by atoms with Crippen LogP contribution in [-0.2, 0) is 6.54 Å². The van der Waals surface area contributed by atoms with Crippen molar-refractivity contribution in [2.24, 2.45) is 0 Å². The van der Waals surface area contributed by atoms with Gasteiger partial charge >= 0.3 is 0 Å². The summed E-state index contributed by atoms with van der Waals surface area (Å²) in [5.74, 6) is 0.121. The largest absolute Gasteiger partial charge is 0.360 e. The van der Waals surface area contributed by atoms with Crippen molar-refractivity contribution in [3.63, 3.8) is 0 Å². The Morgan fingerprint density at radius 3 is 2.91 bits per heavy atom. The van der Waals surface area contributed by atoms with Gasteiger partial charge in [0.15, 0.2) is 5.78 Å². The molecular formula is C19H16N2O. The van der Waals surface area contributed by atoms with Crippen LogP contribution in [0.1, 0.15) is 15.9 Å². The molecule has 2 heterocycles. The average Bonchev–Trinajstić information content (AvgIpc) is 3.11. The number of carbonyl (C=O) groups is 1. The maximum atomic E-state index is 12.7. The molecule has 3 nitrogen and oxygen atoms in total. The summed E-state index contributed by atoms with van der Waals surface area (Å²) in [5, 5.41) is 2.16. The Labute approximate surface area is 128 Å². The first-order chi connectivity index (χ1) is 10.7. The highest BCUT2D eigenvalue weighted by molar-refractivity contribution is 6.08. The van der Waals surface area contributed by atoms with Crippen molar-refractivity contribution in [1.29, 1.82) is 0 Å². The number of Topliss-reactive ketones (excluding diaryl/α,β-unsaturated/α-hetero) is 1. The summed E-state index contributed by atoms with van der Waals surface area (Å²) in [5.41, 5.74) is 4.08. The molecule has 2 aromatic heterocycles. The van der Waals surface area contributed by atoms with Gasteiger partial charge < -0.3 is 9.55 Å². The highest BCUT2D eigenvalue weighted by Crippen LogP contribution is 2.21. The number of ketones is 1. The number of hydrogen-bond acceptors (Lipinski definition) is 1. The van der Waals surface area contributed by atoms with Gasteiger partial charge in [0.05, 0.1) is 6.54 Å². The smallest absolute Gasteiger partial charge is 0.184 e. The molecule has 22 heavy (non-hydrogen) atoms. The molecule has 1 N–H and O–H groups in total. The fourth-order valence-electron chi connectivity index (χ4n) is 3.00. The normalized spacial score (nSPS) is 11.3. The topological polar surface area (TPSA) is 37.8 Å². The van der Waals surface area contributed by atoms with Crippen LogP contribution in [-0.4, -0.2) is 15.3 Å². The zero-order chi connectivity index (χ0) is 15.1. The maximum absolute atomic E-state index is 12.7. The second kappa shape index (κ2) is 4.88. The van der Waals surface area contributed by atoms with Crippen LogP contribution in [0.3, 0.4) is 0 Å². The first kappa shape index (κ1) is 12.9. The summed E-state index contributed by atoms with van der Waals surface area (Å²) in [6.07, 6.45) is 3.79. The molecule has 0 radical (unpaired) electrons. The standard InChI is InChI=1S/C19H16N2O/c1-13-6-7-18-14(10-13)8-9-21(18)12-19(22)16-11-20-17-5-3-2-4-15(16)17/h2-11,20H,12H2,1H3. The van der Waals surface area contributed by atoms with E-state index in [0.717, 1.165) is 22.0 Å². The number of aromatic nitrogens is 2. The van der Waals surface area contributed by atoms with Gasteiger partial charge in [0, 0.05) is 34.4 Å². The first-order valence-corrected chi connectivity index (χ1v) is 7.37. The summed E-state index contributed by atoms with van der Waals surface area (Å²) in [7, 11) is 0. The second-order valence-corrected chi connectivity index (χ2v) is 5.68. The lowest BCUT2D eigenvalue weighted by molar-refractivity contribution is 0.0975. The molecule has 0 aliphatic carbocycles. The molecule has 3 heteroatoms. The number of aromatic amines is 1. The van der Waals surface area contributed by atoms with Gasteiger partial charge in [0.1, 0.15) is 0 Å². The zero-order valence-electron chi connectivity index (χ0n) is 12.3. The van der Waals surface area contributed by atoms with Gasteiger partial charge in [-0.15, -0.1) is 0 Å². The third-order valence-electron chi connectivity index (χ3n) is 4.13. The van der Waals surface area contributed by atoms with Crippen LogP contribution in [0.25, 0.3) is 21.8 Å². The Balaban J connectivity index is 1.71. The van der Waals surface area contributed by atoms with Crippen LogP contribution in [0.2, 0.25) is 0 Å². The van der Waals surface area contributed by atoms with Crippen LogP contribution in [0.5, 0.6) is 0 Å². The number of para-hydroxylation sites is 1. The van der Waals surface area contributed by atoms with Crippen LogP contribution in [0, 0.1) is 6.92 Å². The monoisotopic (exact) mass is 288 g/mol. The van der Waals surface area contributed by atoms with E-state index in [9.17, 15) is 4.79 Å². The lowest BCUT2D eigenvalue weighted by Crippen LogP contribution is -2.09. The van der Waals surface area contributed by atoms with Crippen molar-refractivity contribution >= 4 is 27.6 Å². The Morgan fingerprint density at radius 1 is 1.14 bits per heavy atom. The summed E-state index contributed by atoms with van der Waals surface area (Å²) in [6.45, 7) is 2.43. The minimum absolute atomic E-state index is 0.121. The number of carbonyl (C=O) groups excluding carboxylic acids is 1. The lowest BCUT2D eigenvalue weighted by atomic mass is 10.1. The lowest BCUT2D eigenvalue weighted by Gasteiger charge is -2.05. The fourth-order valence-corrected chi connectivity index (χ4v) is 3.00. The molecule has 108 valence electrons. The molecule has 0 unspecified atom stereocenters. The molecule has 0 bridgehead atoms. The summed E-state index contributed by atoms with van der Waals surface area (Å²) >= 11 is 0. The third kappa shape index (κ3) is 2.02. The van der Waals surface area contributed by atoms with Crippen molar-refractivity contribution in [1.82, 2.24) is 9.55 Å². The van der Waals surface area contributed by atoms with E-state index in [1.54, 1.807) is 0 Å². The van der Waals surface area contributed by atoms with E-state index < -0.39 is 0 Å². The molecule has 0 fully saturated rings. The number of nitrogens with one attached hydrogen (secondary N) is 1. The number of fused-ring (bicyclic) bond motifs is 2. The molecule has 0 spiro atoms. The number of H-pyrrole nitrogens is 1. The third-order valence-corrected chi connectivity index (χ3v) is 4.13. The van der Waals surface area contributed by atoms with Gasteiger partial charge in [-0.3, -0.25) is 4.79 Å². The van der Waals surface area contributed by atoms with E-state index in [4.69, 9.17) is 0 Å². The molecule has 0 saturated heterocycles. The Hall–Kier alpha value is -2.81. The van der Waals surface area contributed by atoms with Crippen LogP contribution in [0.4, 0.5) is 0 Å². The van der Waals surface area contributed by atoms with Crippen LogP contribution >= 0.6 is 0 Å². The van der Waals surface area contributed by atoms with Crippen molar-refractivity contribution in [3.8, 4) is 0 Å². The summed E-state index contributed by atoms with van der Waals surface area (Å²) < 4.78 is 2.01. The molecule has 4 rings (SSSR count). The van der Waals surface area contributed by atoms with Crippen molar-refractivity contribution in [2.45, 2.75) is 13.5 Å². The summed E-state index contributed by atoms with van der Waals surface area (Å²) in [6, 6.07) is 16.3. The van der Waals surface area contributed by atoms with Crippen molar-refractivity contribution in [3.05, 3.63) is 72.1 Å². The Bertz CT molecular complexity index is 991. The molecule has 0 amide bonds. The van der Waals surface area contributed by atoms with Crippen LogP contribution in [0.15, 0.2) is 60.9 Å². The average molecular weight is 288 g/mol. The molecule has 2 aromatic carbocycles. The second-order valence-electron chi connectivity index (χ2n) is 5.68. The highest BCUT2D eigenvalue weighted by Gasteiger charge is 2.13. The van der Waals surface area contributed by atoms with E-state index in [0.29, 0.717) is 6.54 Å². The zero-order valence-corrected chi connectivity index (χ0v) is 12.3. The predicted molar refractivity (Wildman–Crippen MR) is 89.3 cm³/mol. The van der Waals surface area contributed by atoms with E-state index in [1.807, 2.05) is 41.2 Å². The molecule has 0 aliphatic rings. The molecule has 0 atom stereocenters.